The predicted molar refractivity (Wildman–Crippen MR) is 115 cm³/mol. The van der Waals surface area contributed by atoms with Gasteiger partial charge in [-0.2, -0.15) is 4.98 Å². The van der Waals surface area contributed by atoms with Crippen LogP contribution in [0.1, 0.15) is 25.7 Å². The van der Waals surface area contributed by atoms with Crippen molar-refractivity contribution in [3.8, 4) is 11.4 Å². The second kappa shape index (κ2) is 10.2. The van der Waals surface area contributed by atoms with Gasteiger partial charge in [0, 0.05) is 43.2 Å². The standard InChI is InChI=1S/C21H28ClN5O3/c1-2-23-21(27-11-13-29-18(14-27)17-4-3-12-28-17)24-10-9-19-25-20(26-30-19)15-5-7-16(22)8-6-15/h5-8,17-18H,2-4,9-14H2,1H3,(H,23,24). The van der Waals surface area contributed by atoms with Crippen LogP contribution in [0.15, 0.2) is 33.8 Å². The first kappa shape index (κ1) is 21.1. The number of guanidine groups is 1. The summed E-state index contributed by atoms with van der Waals surface area (Å²) in [6, 6.07) is 7.38. The van der Waals surface area contributed by atoms with Crippen LogP contribution in [0.5, 0.6) is 0 Å². The Balaban J connectivity index is 1.35. The van der Waals surface area contributed by atoms with E-state index in [0.717, 1.165) is 50.6 Å². The van der Waals surface area contributed by atoms with Crippen molar-refractivity contribution in [2.75, 3.05) is 39.4 Å². The molecule has 0 saturated carbocycles. The van der Waals surface area contributed by atoms with Gasteiger partial charge in [-0.1, -0.05) is 16.8 Å². The number of hydrogen-bond acceptors (Lipinski definition) is 6. The molecule has 1 aromatic heterocycles. The molecule has 3 heterocycles. The molecule has 2 atom stereocenters. The van der Waals surface area contributed by atoms with E-state index in [1.54, 1.807) is 0 Å². The monoisotopic (exact) mass is 433 g/mol. The molecule has 2 unspecified atom stereocenters. The lowest BCUT2D eigenvalue weighted by Crippen LogP contribution is -2.53. The minimum absolute atomic E-state index is 0.1000. The first-order chi connectivity index (χ1) is 14.7. The SMILES string of the molecule is CCNC(=NCCc1nc(-c2ccc(Cl)cc2)no1)N1CCOC(C2CCCO2)C1. The first-order valence-electron chi connectivity index (χ1n) is 10.6. The normalized spacial score (nSPS) is 22.5. The number of rotatable bonds is 6. The molecule has 4 rings (SSSR count). The lowest BCUT2D eigenvalue weighted by molar-refractivity contribution is -0.0817. The van der Waals surface area contributed by atoms with Crippen molar-refractivity contribution in [2.24, 2.45) is 4.99 Å². The minimum atomic E-state index is 0.1000. The second-order valence-corrected chi connectivity index (χ2v) is 7.85. The average molecular weight is 434 g/mol. The predicted octanol–water partition coefficient (Wildman–Crippen LogP) is 2.78. The quantitative estimate of drug-likeness (QED) is 0.553. The van der Waals surface area contributed by atoms with Crippen LogP contribution >= 0.6 is 11.6 Å². The molecule has 0 radical (unpaired) electrons. The summed E-state index contributed by atoms with van der Waals surface area (Å²) in [5.74, 6) is 2.02. The van der Waals surface area contributed by atoms with Crippen LogP contribution in [0.4, 0.5) is 0 Å². The van der Waals surface area contributed by atoms with Crippen LogP contribution in [-0.2, 0) is 15.9 Å². The molecular weight excluding hydrogens is 406 g/mol. The van der Waals surface area contributed by atoms with Crippen LogP contribution in [0.25, 0.3) is 11.4 Å². The highest BCUT2D eigenvalue weighted by atomic mass is 35.5. The van der Waals surface area contributed by atoms with Crippen LogP contribution in [-0.4, -0.2) is 72.6 Å². The summed E-state index contributed by atoms with van der Waals surface area (Å²) >= 11 is 5.93. The largest absolute Gasteiger partial charge is 0.375 e. The zero-order chi connectivity index (χ0) is 20.8. The van der Waals surface area contributed by atoms with Gasteiger partial charge in [0.2, 0.25) is 11.7 Å². The van der Waals surface area contributed by atoms with Gasteiger partial charge in [-0.05, 0) is 44.0 Å². The molecule has 2 saturated heterocycles. The maximum Gasteiger partial charge on any atom is 0.228 e. The third kappa shape index (κ3) is 5.30. The smallest absolute Gasteiger partial charge is 0.228 e. The maximum atomic E-state index is 5.96. The number of ether oxygens (including phenoxy) is 2. The Bertz CT molecular complexity index is 835. The Hall–Kier alpha value is -2.16. The fourth-order valence-electron chi connectivity index (χ4n) is 3.74. The highest BCUT2D eigenvalue weighted by Crippen LogP contribution is 2.21. The molecule has 0 spiro atoms. The van der Waals surface area contributed by atoms with E-state index >= 15 is 0 Å². The molecule has 162 valence electrons. The molecule has 8 nitrogen and oxygen atoms in total. The Morgan fingerprint density at radius 2 is 2.07 bits per heavy atom. The van der Waals surface area contributed by atoms with Gasteiger partial charge >= 0.3 is 0 Å². The van der Waals surface area contributed by atoms with E-state index in [0.29, 0.717) is 36.3 Å². The summed E-state index contributed by atoms with van der Waals surface area (Å²) in [5, 5.41) is 8.12. The fraction of sp³-hybridized carbons (Fsp3) is 0.571. The molecule has 2 aliphatic rings. The minimum Gasteiger partial charge on any atom is -0.375 e. The Morgan fingerprint density at radius 3 is 2.83 bits per heavy atom. The number of morpholine rings is 1. The van der Waals surface area contributed by atoms with Crippen molar-refractivity contribution in [1.29, 1.82) is 0 Å². The summed E-state index contributed by atoms with van der Waals surface area (Å²) < 4.78 is 17.2. The van der Waals surface area contributed by atoms with Crippen molar-refractivity contribution < 1.29 is 14.0 Å². The van der Waals surface area contributed by atoms with Gasteiger partial charge in [0.1, 0.15) is 6.10 Å². The van der Waals surface area contributed by atoms with Crippen LogP contribution in [0.3, 0.4) is 0 Å². The summed E-state index contributed by atoms with van der Waals surface area (Å²) in [5.41, 5.74) is 0.875. The third-order valence-electron chi connectivity index (χ3n) is 5.27. The number of benzene rings is 1. The first-order valence-corrected chi connectivity index (χ1v) is 11.0. The summed E-state index contributed by atoms with van der Waals surface area (Å²) in [6.45, 7) is 6.57. The number of nitrogens with one attached hydrogen (secondary N) is 1. The zero-order valence-electron chi connectivity index (χ0n) is 17.2. The van der Waals surface area contributed by atoms with Gasteiger partial charge in [0.25, 0.3) is 0 Å². The maximum absolute atomic E-state index is 5.96. The summed E-state index contributed by atoms with van der Waals surface area (Å²) in [6.07, 6.45) is 3.05. The molecule has 30 heavy (non-hydrogen) atoms. The van der Waals surface area contributed by atoms with E-state index in [2.05, 4.69) is 27.3 Å². The van der Waals surface area contributed by atoms with Crippen molar-refractivity contribution in [3.63, 3.8) is 0 Å². The molecule has 9 heteroatoms. The van der Waals surface area contributed by atoms with Gasteiger partial charge in [-0.25, -0.2) is 0 Å². The van der Waals surface area contributed by atoms with Crippen LogP contribution in [0, 0.1) is 0 Å². The van der Waals surface area contributed by atoms with Crippen LogP contribution < -0.4 is 5.32 Å². The highest BCUT2D eigenvalue weighted by Gasteiger charge is 2.32. The molecule has 1 aromatic carbocycles. The molecule has 0 bridgehead atoms. The molecule has 1 N–H and O–H groups in total. The van der Waals surface area contributed by atoms with Gasteiger partial charge in [-0.15, -0.1) is 0 Å². The van der Waals surface area contributed by atoms with E-state index in [-0.39, 0.29) is 12.2 Å². The third-order valence-corrected chi connectivity index (χ3v) is 5.52. The number of aliphatic imine (C=N–C) groups is 1. The van der Waals surface area contributed by atoms with Crippen molar-refractivity contribution in [1.82, 2.24) is 20.4 Å². The zero-order valence-corrected chi connectivity index (χ0v) is 18.0. The van der Waals surface area contributed by atoms with Gasteiger partial charge in [-0.3, -0.25) is 4.99 Å². The van der Waals surface area contributed by atoms with Gasteiger partial charge in [0.05, 0.1) is 19.3 Å². The number of nitrogens with zero attached hydrogens (tertiary/aromatic N) is 4. The van der Waals surface area contributed by atoms with E-state index in [9.17, 15) is 0 Å². The Labute approximate surface area is 181 Å². The molecule has 0 aliphatic carbocycles. The summed E-state index contributed by atoms with van der Waals surface area (Å²) in [7, 11) is 0. The molecular formula is C21H28ClN5O3. The molecule has 2 aliphatic heterocycles. The number of aromatic nitrogens is 2. The van der Waals surface area contributed by atoms with E-state index in [1.807, 2.05) is 24.3 Å². The number of halogens is 1. The van der Waals surface area contributed by atoms with Gasteiger partial charge in [0.15, 0.2) is 5.96 Å². The van der Waals surface area contributed by atoms with Crippen LogP contribution in [0.2, 0.25) is 5.02 Å². The van der Waals surface area contributed by atoms with E-state index in [1.165, 1.54) is 0 Å². The Morgan fingerprint density at radius 1 is 1.23 bits per heavy atom. The molecule has 2 fully saturated rings. The van der Waals surface area contributed by atoms with Crippen molar-refractivity contribution in [2.45, 2.75) is 38.4 Å². The average Bonchev–Trinajstić information content (AvgIpc) is 3.46. The lowest BCUT2D eigenvalue weighted by Gasteiger charge is -2.37. The molecule has 2 aromatic rings. The second-order valence-electron chi connectivity index (χ2n) is 7.41. The van der Waals surface area contributed by atoms with Gasteiger partial charge < -0.3 is 24.2 Å². The fourth-order valence-corrected chi connectivity index (χ4v) is 3.87. The van der Waals surface area contributed by atoms with Crippen molar-refractivity contribution >= 4 is 17.6 Å². The summed E-state index contributed by atoms with van der Waals surface area (Å²) in [4.78, 5) is 11.5. The van der Waals surface area contributed by atoms with E-state index < -0.39 is 0 Å². The topological polar surface area (TPSA) is 85.0 Å². The Kier molecular flexibility index (Phi) is 7.20. The molecule has 0 amide bonds. The lowest BCUT2D eigenvalue weighted by atomic mass is 10.1. The number of hydrogen-bond donors (Lipinski definition) is 1. The van der Waals surface area contributed by atoms with E-state index in [4.69, 9.17) is 30.6 Å². The highest BCUT2D eigenvalue weighted by molar-refractivity contribution is 6.30. The van der Waals surface area contributed by atoms with Crippen molar-refractivity contribution in [3.05, 3.63) is 35.2 Å².